The highest BCUT2D eigenvalue weighted by Crippen LogP contribution is 2.53. The molecule has 4 nitrogen and oxygen atoms in total. The molecule has 182 valence electrons. The summed E-state index contributed by atoms with van der Waals surface area (Å²) < 4.78 is 0. The van der Waals surface area contributed by atoms with Crippen LogP contribution in [0.3, 0.4) is 0 Å². The first-order valence-corrected chi connectivity index (χ1v) is 13.5. The molecule has 34 heavy (non-hydrogen) atoms. The Kier molecular flexibility index (Phi) is 7.22. The van der Waals surface area contributed by atoms with Crippen molar-refractivity contribution in [1.29, 1.82) is 0 Å². The van der Waals surface area contributed by atoms with Gasteiger partial charge in [-0.3, -0.25) is 9.69 Å². The predicted octanol–water partition coefficient (Wildman–Crippen LogP) is 5.97. The number of carbonyl (C=O) groups is 1. The first-order valence-electron chi connectivity index (χ1n) is 12.7. The van der Waals surface area contributed by atoms with Gasteiger partial charge >= 0.3 is 0 Å². The van der Waals surface area contributed by atoms with Gasteiger partial charge in [0.1, 0.15) is 0 Å². The van der Waals surface area contributed by atoms with Crippen molar-refractivity contribution >= 4 is 29.1 Å². The van der Waals surface area contributed by atoms with Crippen LogP contribution in [0.1, 0.15) is 69.0 Å². The number of amides is 1. The van der Waals surface area contributed by atoms with Crippen LogP contribution in [0.15, 0.2) is 48.5 Å². The maximum atomic E-state index is 11.9. The van der Waals surface area contributed by atoms with E-state index in [4.69, 9.17) is 23.2 Å². The van der Waals surface area contributed by atoms with Crippen molar-refractivity contribution in [2.75, 3.05) is 13.1 Å². The predicted molar refractivity (Wildman–Crippen MR) is 139 cm³/mol. The topological polar surface area (TPSA) is 44.4 Å². The van der Waals surface area contributed by atoms with E-state index >= 15 is 0 Å². The fourth-order valence-corrected chi connectivity index (χ4v) is 7.43. The Hall–Kier alpha value is -1.59. The Bertz CT molecular complexity index is 963. The highest BCUT2D eigenvalue weighted by molar-refractivity contribution is 6.32. The van der Waals surface area contributed by atoms with Gasteiger partial charge in [0.05, 0.1) is 6.04 Å². The fourth-order valence-electron chi connectivity index (χ4n) is 6.95. The molecule has 0 radical (unpaired) electrons. The zero-order valence-electron chi connectivity index (χ0n) is 19.9. The molecule has 2 N–H and O–H groups in total. The van der Waals surface area contributed by atoms with Crippen molar-refractivity contribution < 1.29 is 4.79 Å². The number of rotatable bonds is 6. The SMILES string of the molecule is CC(=O)NCC1(C2CCCCN2)C[C@H]2CC[C@@H](C1)N2C(c1ccccc1Cl)c1ccccc1Cl. The molecule has 0 saturated carbocycles. The fraction of sp³-hybridized carbons (Fsp3) is 0.536. The summed E-state index contributed by atoms with van der Waals surface area (Å²) in [5.41, 5.74) is 2.33. The normalized spacial score (nSPS) is 29.4. The van der Waals surface area contributed by atoms with Gasteiger partial charge in [0, 0.05) is 47.1 Å². The summed E-state index contributed by atoms with van der Waals surface area (Å²) in [6, 6.07) is 17.7. The minimum Gasteiger partial charge on any atom is -0.356 e. The number of hydrogen-bond acceptors (Lipinski definition) is 3. The van der Waals surface area contributed by atoms with Crippen molar-refractivity contribution in [3.63, 3.8) is 0 Å². The number of fused-ring (bicyclic) bond motifs is 2. The lowest BCUT2D eigenvalue weighted by molar-refractivity contribution is -0.120. The smallest absolute Gasteiger partial charge is 0.216 e. The van der Waals surface area contributed by atoms with E-state index in [-0.39, 0.29) is 17.4 Å². The van der Waals surface area contributed by atoms with Gasteiger partial charge in [-0.15, -0.1) is 0 Å². The minimum atomic E-state index is 0.0259. The number of nitrogens with one attached hydrogen (secondary N) is 2. The summed E-state index contributed by atoms with van der Waals surface area (Å²) in [7, 11) is 0. The second-order valence-electron chi connectivity index (χ2n) is 10.5. The zero-order chi connectivity index (χ0) is 23.7. The van der Waals surface area contributed by atoms with Crippen molar-refractivity contribution in [3.8, 4) is 0 Å². The second-order valence-corrected chi connectivity index (χ2v) is 11.3. The number of benzene rings is 2. The second kappa shape index (κ2) is 10.2. The number of hydrogen-bond donors (Lipinski definition) is 2. The van der Waals surface area contributed by atoms with Gasteiger partial charge in [-0.1, -0.05) is 66.0 Å². The molecule has 0 aliphatic carbocycles. The van der Waals surface area contributed by atoms with E-state index < -0.39 is 0 Å². The molecule has 3 saturated heterocycles. The molecule has 0 aromatic heterocycles. The standard InChI is InChI=1S/C28H35Cl2N3O/c1-19(34)32-18-28(26-12-6-7-15-31-26)16-20-13-14-21(17-28)33(20)27(22-8-2-4-10-24(22)29)23-9-3-5-11-25(23)30/h2-5,8-11,20-21,26-27,31H,6-7,12-18H2,1H3,(H,32,34)/t20-,21+,26?,28?. The van der Waals surface area contributed by atoms with Gasteiger partial charge in [-0.2, -0.15) is 0 Å². The van der Waals surface area contributed by atoms with Gasteiger partial charge in [-0.25, -0.2) is 0 Å². The van der Waals surface area contributed by atoms with Crippen molar-refractivity contribution in [1.82, 2.24) is 15.5 Å². The highest BCUT2D eigenvalue weighted by Gasteiger charge is 2.53. The molecular weight excluding hydrogens is 465 g/mol. The first-order chi connectivity index (χ1) is 16.5. The average Bonchev–Trinajstić information content (AvgIpc) is 3.10. The molecule has 2 aromatic rings. The summed E-state index contributed by atoms with van der Waals surface area (Å²) in [6.07, 6.45) is 8.19. The van der Waals surface area contributed by atoms with E-state index in [1.54, 1.807) is 6.92 Å². The Balaban J connectivity index is 1.52. The van der Waals surface area contributed by atoms with E-state index in [0.29, 0.717) is 18.1 Å². The number of halogens is 2. The Morgan fingerprint density at radius 3 is 2.09 bits per heavy atom. The van der Waals surface area contributed by atoms with E-state index in [1.807, 2.05) is 24.3 Å². The lowest BCUT2D eigenvalue weighted by atomic mass is 9.66. The molecule has 6 heteroatoms. The summed E-state index contributed by atoms with van der Waals surface area (Å²) in [6.45, 7) is 3.47. The molecule has 2 unspecified atom stereocenters. The third-order valence-electron chi connectivity index (χ3n) is 8.40. The molecular formula is C28H35Cl2N3O. The van der Waals surface area contributed by atoms with Gasteiger partial charge in [0.15, 0.2) is 0 Å². The molecule has 3 fully saturated rings. The van der Waals surface area contributed by atoms with E-state index in [9.17, 15) is 4.79 Å². The molecule has 2 bridgehead atoms. The van der Waals surface area contributed by atoms with Crippen LogP contribution in [0.2, 0.25) is 10.0 Å². The van der Waals surface area contributed by atoms with E-state index in [2.05, 4.69) is 39.8 Å². The number of nitrogens with zero attached hydrogens (tertiary/aromatic N) is 1. The minimum absolute atomic E-state index is 0.0259. The van der Waals surface area contributed by atoms with Crippen LogP contribution < -0.4 is 10.6 Å². The van der Waals surface area contributed by atoms with Crippen molar-refractivity contribution in [2.24, 2.45) is 5.41 Å². The monoisotopic (exact) mass is 499 g/mol. The number of piperidine rings is 2. The molecule has 4 atom stereocenters. The Morgan fingerprint density at radius 1 is 1.00 bits per heavy atom. The largest absolute Gasteiger partial charge is 0.356 e. The van der Waals surface area contributed by atoms with Gasteiger partial charge in [-0.05, 0) is 68.3 Å². The van der Waals surface area contributed by atoms with Crippen LogP contribution in [0, 0.1) is 5.41 Å². The molecule has 3 aliphatic heterocycles. The Morgan fingerprint density at radius 2 is 1.59 bits per heavy atom. The summed E-state index contributed by atoms with van der Waals surface area (Å²) in [5, 5.41) is 8.62. The molecule has 3 aliphatic rings. The maximum absolute atomic E-state index is 11.9. The van der Waals surface area contributed by atoms with Crippen LogP contribution >= 0.6 is 23.2 Å². The van der Waals surface area contributed by atoms with Crippen LogP contribution in [0.5, 0.6) is 0 Å². The Labute approximate surface area is 213 Å². The van der Waals surface area contributed by atoms with Gasteiger partial charge < -0.3 is 10.6 Å². The summed E-state index contributed by atoms with van der Waals surface area (Å²) >= 11 is 13.6. The van der Waals surface area contributed by atoms with Crippen LogP contribution in [-0.4, -0.2) is 42.0 Å². The van der Waals surface area contributed by atoms with Crippen LogP contribution in [0.25, 0.3) is 0 Å². The third-order valence-corrected chi connectivity index (χ3v) is 9.09. The van der Waals surface area contributed by atoms with Crippen molar-refractivity contribution in [3.05, 3.63) is 69.7 Å². The summed E-state index contributed by atoms with van der Waals surface area (Å²) in [4.78, 5) is 14.6. The molecule has 0 spiro atoms. The zero-order valence-corrected chi connectivity index (χ0v) is 21.4. The molecule has 2 aromatic carbocycles. The number of carbonyl (C=O) groups excluding carboxylic acids is 1. The maximum Gasteiger partial charge on any atom is 0.216 e. The lowest BCUT2D eigenvalue weighted by Gasteiger charge is -2.53. The van der Waals surface area contributed by atoms with Gasteiger partial charge in [0.2, 0.25) is 5.91 Å². The molecule has 3 heterocycles. The average molecular weight is 501 g/mol. The summed E-state index contributed by atoms with van der Waals surface area (Å²) in [5.74, 6) is 0.0648. The third kappa shape index (κ3) is 4.63. The van der Waals surface area contributed by atoms with Gasteiger partial charge in [0.25, 0.3) is 0 Å². The van der Waals surface area contributed by atoms with Crippen LogP contribution in [-0.2, 0) is 4.79 Å². The lowest BCUT2D eigenvalue weighted by Crippen LogP contribution is -2.60. The first kappa shape index (κ1) is 24.1. The van der Waals surface area contributed by atoms with Crippen molar-refractivity contribution in [2.45, 2.75) is 76.0 Å². The highest BCUT2D eigenvalue weighted by atomic mass is 35.5. The molecule has 1 amide bonds. The van der Waals surface area contributed by atoms with E-state index in [1.165, 1.54) is 32.1 Å². The quantitative estimate of drug-likeness (QED) is 0.514. The molecule has 5 rings (SSSR count). The van der Waals surface area contributed by atoms with E-state index in [0.717, 1.165) is 47.1 Å². The van der Waals surface area contributed by atoms with Crippen LogP contribution in [0.4, 0.5) is 0 Å².